The molecule has 5 heteroatoms. The van der Waals surface area contributed by atoms with Crippen molar-refractivity contribution < 1.29 is 9.47 Å². The van der Waals surface area contributed by atoms with Crippen molar-refractivity contribution in [3.05, 3.63) is 23.9 Å². The van der Waals surface area contributed by atoms with E-state index in [-0.39, 0.29) is 0 Å². The second-order valence-electron chi connectivity index (χ2n) is 5.86. The topological polar surface area (TPSA) is 37.8 Å². The van der Waals surface area contributed by atoms with E-state index in [1.54, 1.807) is 7.11 Å². The van der Waals surface area contributed by atoms with Gasteiger partial charge in [-0.05, 0) is 24.5 Å². The molecule has 0 spiro atoms. The van der Waals surface area contributed by atoms with Crippen molar-refractivity contribution in [2.45, 2.75) is 25.4 Å². The Labute approximate surface area is 126 Å². The van der Waals surface area contributed by atoms with E-state index in [1.807, 2.05) is 12.3 Å². The minimum Gasteiger partial charge on any atom is -0.481 e. The fraction of sp³-hybridized carbons (Fsp3) is 0.688. The van der Waals surface area contributed by atoms with Gasteiger partial charge in [-0.25, -0.2) is 4.98 Å². The third-order valence-corrected chi connectivity index (χ3v) is 4.53. The molecule has 2 aliphatic heterocycles. The number of methoxy groups -OCH3 is 1. The molecule has 3 rings (SSSR count). The molecule has 0 bridgehead atoms. The molecule has 0 aliphatic carbocycles. The minimum absolute atomic E-state index is 0.702. The van der Waals surface area contributed by atoms with Crippen LogP contribution in [0.3, 0.4) is 0 Å². The summed E-state index contributed by atoms with van der Waals surface area (Å²) in [6.45, 7) is 7.48. The van der Waals surface area contributed by atoms with Gasteiger partial charge in [-0.15, -0.1) is 0 Å². The first-order chi connectivity index (χ1) is 10.3. The smallest absolute Gasteiger partial charge is 0.213 e. The second kappa shape index (κ2) is 7.20. The van der Waals surface area contributed by atoms with Gasteiger partial charge in [0.05, 0.1) is 7.11 Å². The molecule has 0 amide bonds. The van der Waals surface area contributed by atoms with Crippen molar-refractivity contribution in [3.8, 4) is 5.88 Å². The molecule has 0 aromatic carbocycles. The zero-order chi connectivity index (χ0) is 14.5. The molecule has 2 fully saturated rings. The number of hydrogen-bond acceptors (Lipinski definition) is 5. The van der Waals surface area contributed by atoms with E-state index in [0.29, 0.717) is 5.88 Å². The van der Waals surface area contributed by atoms with Gasteiger partial charge in [0, 0.05) is 64.2 Å². The average molecular weight is 291 g/mol. The Morgan fingerprint density at radius 3 is 2.71 bits per heavy atom. The van der Waals surface area contributed by atoms with Crippen LogP contribution in [0.25, 0.3) is 0 Å². The Morgan fingerprint density at radius 2 is 2.00 bits per heavy atom. The van der Waals surface area contributed by atoms with E-state index < -0.39 is 0 Å². The summed E-state index contributed by atoms with van der Waals surface area (Å²) in [6.07, 6.45) is 4.22. The molecule has 5 nitrogen and oxygen atoms in total. The van der Waals surface area contributed by atoms with E-state index >= 15 is 0 Å². The Bertz CT molecular complexity index is 441. The summed E-state index contributed by atoms with van der Waals surface area (Å²) in [7, 11) is 1.67. The first-order valence-electron chi connectivity index (χ1n) is 7.88. The van der Waals surface area contributed by atoms with Crippen LogP contribution in [-0.4, -0.2) is 67.3 Å². The standard InChI is InChI=1S/C16H25N3O2/c1-20-16-12-14(2-5-17-16)13-18-6-8-19(9-7-18)15-3-10-21-11-4-15/h2,5,12,15H,3-4,6-11,13H2,1H3. The van der Waals surface area contributed by atoms with Crippen molar-refractivity contribution in [2.75, 3.05) is 46.5 Å². The monoisotopic (exact) mass is 291 g/mol. The summed E-state index contributed by atoms with van der Waals surface area (Å²) >= 11 is 0. The largest absolute Gasteiger partial charge is 0.481 e. The molecule has 0 N–H and O–H groups in total. The minimum atomic E-state index is 0.702. The van der Waals surface area contributed by atoms with Crippen molar-refractivity contribution in [1.82, 2.24) is 14.8 Å². The summed E-state index contributed by atoms with van der Waals surface area (Å²) in [5, 5.41) is 0. The molecule has 116 valence electrons. The Kier molecular flexibility index (Phi) is 5.06. The molecule has 21 heavy (non-hydrogen) atoms. The summed E-state index contributed by atoms with van der Waals surface area (Å²) in [5.41, 5.74) is 1.28. The van der Waals surface area contributed by atoms with Crippen molar-refractivity contribution in [3.63, 3.8) is 0 Å². The van der Waals surface area contributed by atoms with Crippen LogP contribution >= 0.6 is 0 Å². The second-order valence-corrected chi connectivity index (χ2v) is 5.86. The first kappa shape index (κ1) is 14.8. The van der Waals surface area contributed by atoms with Gasteiger partial charge in [0.25, 0.3) is 0 Å². The predicted molar refractivity (Wildman–Crippen MR) is 81.5 cm³/mol. The Balaban J connectivity index is 1.48. The highest BCUT2D eigenvalue weighted by atomic mass is 16.5. The third kappa shape index (κ3) is 3.93. The zero-order valence-electron chi connectivity index (χ0n) is 12.8. The predicted octanol–water partition coefficient (Wildman–Crippen LogP) is 1.39. The number of rotatable bonds is 4. The van der Waals surface area contributed by atoms with Crippen molar-refractivity contribution in [1.29, 1.82) is 0 Å². The van der Waals surface area contributed by atoms with E-state index in [0.717, 1.165) is 38.9 Å². The molecule has 1 aromatic rings. The normalized spacial score (nSPS) is 22.3. The molecule has 2 aliphatic rings. The molecular weight excluding hydrogens is 266 g/mol. The molecule has 1 aromatic heterocycles. The van der Waals surface area contributed by atoms with Crippen LogP contribution in [-0.2, 0) is 11.3 Å². The van der Waals surface area contributed by atoms with Gasteiger partial charge in [0.2, 0.25) is 5.88 Å². The summed E-state index contributed by atoms with van der Waals surface area (Å²) in [6, 6.07) is 4.85. The van der Waals surface area contributed by atoms with E-state index in [4.69, 9.17) is 9.47 Å². The molecule has 3 heterocycles. The molecule has 0 atom stereocenters. The number of hydrogen-bond donors (Lipinski definition) is 0. The summed E-state index contributed by atoms with van der Waals surface area (Å²) in [5.74, 6) is 0.702. The lowest BCUT2D eigenvalue weighted by atomic mass is 10.1. The lowest BCUT2D eigenvalue weighted by Gasteiger charge is -2.40. The maximum Gasteiger partial charge on any atom is 0.213 e. The van der Waals surface area contributed by atoms with Gasteiger partial charge in [-0.1, -0.05) is 0 Å². The third-order valence-electron chi connectivity index (χ3n) is 4.53. The maximum absolute atomic E-state index is 5.46. The van der Waals surface area contributed by atoms with Crippen LogP contribution in [0.5, 0.6) is 5.88 Å². The number of pyridine rings is 1. The Hall–Kier alpha value is -1.17. The van der Waals surface area contributed by atoms with Crippen LogP contribution in [0, 0.1) is 0 Å². The quantitative estimate of drug-likeness (QED) is 0.838. The van der Waals surface area contributed by atoms with Gasteiger partial charge < -0.3 is 9.47 Å². The number of nitrogens with zero attached hydrogens (tertiary/aromatic N) is 3. The van der Waals surface area contributed by atoms with Gasteiger partial charge in [0.1, 0.15) is 0 Å². The highest BCUT2D eigenvalue weighted by molar-refractivity contribution is 5.20. The lowest BCUT2D eigenvalue weighted by molar-refractivity contribution is 0.0126. The fourth-order valence-corrected chi connectivity index (χ4v) is 3.26. The first-order valence-corrected chi connectivity index (χ1v) is 7.88. The van der Waals surface area contributed by atoms with Crippen LogP contribution < -0.4 is 4.74 Å². The van der Waals surface area contributed by atoms with Crippen LogP contribution in [0.1, 0.15) is 18.4 Å². The SMILES string of the molecule is COc1cc(CN2CCN(C3CCOCC3)CC2)ccn1. The molecule has 0 unspecified atom stereocenters. The van der Waals surface area contributed by atoms with Gasteiger partial charge >= 0.3 is 0 Å². The summed E-state index contributed by atoms with van der Waals surface area (Å²) < 4.78 is 10.6. The zero-order valence-corrected chi connectivity index (χ0v) is 12.8. The number of aromatic nitrogens is 1. The van der Waals surface area contributed by atoms with E-state index in [2.05, 4.69) is 20.9 Å². The fourth-order valence-electron chi connectivity index (χ4n) is 3.26. The van der Waals surface area contributed by atoms with Gasteiger partial charge in [-0.2, -0.15) is 0 Å². The van der Waals surface area contributed by atoms with Crippen LogP contribution in [0.2, 0.25) is 0 Å². The van der Waals surface area contributed by atoms with Gasteiger partial charge in [0.15, 0.2) is 0 Å². The Morgan fingerprint density at radius 1 is 1.24 bits per heavy atom. The van der Waals surface area contributed by atoms with E-state index in [1.165, 1.54) is 31.5 Å². The maximum atomic E-state index is 5.46. The van der Waals surface area contributed by atoms with E-state index in [9.17, 15) is 0 Å². The van der Waals surface area contributed by atoms with Crippen molar-refractivity contribution >= 4 is 0 Å². The molecule has 2 saturated heterocycles. The highest BCUT2D eigenvalue weighted by Gasteiger charge is 2.25. The molecular formula is C16H25N3O2. The van der Waals surface area contributed by atoms with Crippen LogP contribution in [0.4, 0.5) is 0 Å². The highest BCUT2D eigenvalue weighted by Crippen LogP contribution is 2.18. The number of ether oxygens (including phenoxy) is 2. The summed E-state index contributed by atoms with van der Waals surface area (Å²) in [4.78, 5) is 9.33. The average Bonchev–Trinajstić information content (AvgIpc) is 2.56. The lowest BCUT2D eigenvalue weighted by Crippen LogP contribution is -2.51. The van der Waals surface area contributed by atoms with Gasteiger partial charge in [-0.3, -0.25) is 9.80 Å². The van der Waals surface area contributed by atoms with Crippen molar-refractivity contribution in [2.24, 2.45) is 0 Å². The molecule has 0 radical (unpaired) electrons. The number of piperazine rings is 1. The van der Waals surface area contributed by atoms with Crippen LogP contribution in [0.15, 0.2) is 18.3 Å². The molecule has 0 saturated carbocycles.